The van der Waals surface area contributed by atoms with Crippen molar-refractivity contribution in [3.63, 3.8) is 0 Å². The maximum absolute atomic E-state index is 8.56. The number of anilines is 1. The Bertz CT molecular complexity index is 353. The van der Waals surface area contributed by atoms with Gasteiger partial charge in [-0.1, -0.05) is 11.6 Å². The van der Waals surface area contributed by atoms with Gasteiger partial charge in [0.05, 0.1) is 5.56 Å². The van der Waals surface area contributed by atoms with Crippen LogP contribution in [0.15, 0.2) is 30.0 Å². The summed E-state index contributed by atoms with van der Waals surface area (Å²) in [5.74, 6) is 0.793. The predicted molar refractivity (Wildman–Crippen MR) is 56.9 cm³/mol. The largest absolute Gasteiger partial charge is 0.367 e. The van der Waals surface area contributed by atoms with Crippen LogP contribution in [0.1, 0.15) is 19.4 Å². The summed E-state index contributed by atoms with van der Waals surface area (Å²) in [7, 11) is 0. The molecule has 1 aromatic heterocycles. The van der Waals surface area contributed by atoms with Gasteiger partial charge in [-0.3, -0.25) is 0 Å². The Kier molecular flexibility index (Phi) is 3.69. The zero-order valence-corrected chi connectivity index (χ0v) is 8.41. The van der Waals surface area contributed by atoms with Gasteiger partial charge in [-0.05, 0) is 26.0 Å². The highest BCUT2D eigenvalue weighted by molar-refractivity contribution is 5.39. The third-order valence-electron chi connectivity index (χ3n) is 1.69. The molecule has 0 amide bonds. The molecule has 1 aromatic rings. The maximum atomic E-state index is 8.56. The summed E-state index contributed by atoms with van der Waals surface area (Å²) < 4.78 is 0. The van der Waals surface area contributed by atoms with Crippen LogP contribution in [0.25, 0.3) is 0 Å². The van der Waals surface area contributed by atoms with Gasteiger partial charge in [0.15, 0.2) is 0 Å². The summed E-state index contributed by atoms with van der Waals surface area (Å²) in [5, 5.41) is 11.7. The first-order valence-corrected chi connectivity index (χ1v) is 4.46. The summed E-state index contributed by atoms with van der Waals surface area (Å²) in [6.45, 7) is 4.86. The van der Waals surface area contributed by atoms with Crippen molar-refractivity contribution in [3.05, 3.63) is 35.5 Å². The number of nitrogens with zero attached hydrogens (tertiary/aromatic N) is 2. The molecule has 0 bridgehead atoms. The first kappa shape index (κ1) is 10.3. The highest BCUT2D eigenvalue weighted by atomic mass is 15.0. The van der Waals surface area contributed by atoms with Gasteiger partial charge in [0.2, 0.25) is 0 Å². The van der Waals surface area contributed by atoms with E-state index in [0.29, 0.717) is 5.56 Å². The van der Waals surface area contributed by atoms with Gasteiger partial charge in [-0.15, -0.1) is 0 Å². The van der Waals surface area contributed by atoms with E-state index >= 15 is 0 Å². The molecule has 3 heteroatoms. The molecule has 0 aliphatic carbocycles. The van der Waals surface area contributed by atoms with Crippen LogP contribution in [0, 0.1) is 11.3 Å². The minimum atomic E-state index is 0.581. The van der Waals surface area contributed by atoms with Gasteiger partial charge in [0, 0.05) is 12.7 Å². The lowest BCUT2D eigenvalue weighted by Gasteiger charge is -2.01. The summed E-state index contributed by atoms with van der Waals surface area (Å²) in [6, 6.07) is 5.58. The number of rotatable bonds is 3. The molecule has 1 N–H and O–H groups in total. The van der Waals surface area contributed by atoms with E-state index in [1.165, 1.54) is 5.57 Å². The molecule has 0 aliphatic rings. The molecule has 0 atom stereocenters. The topological polar surface area (TPSA) is 48.7 Å². The average Bonchev–Trinajstić information content (AvgIpc) is 2.18. The highest BCUT2D eigenvalue weighted by Gasteiger charge is 1.92. The normalized spacial score (nSPS) is 8.93. The van der Waals surface area contributed by atoms with Crippen LogP contribution < -0.4 is 5.32 Å². The van der Waals surface area contributed by atoms with Crippen LogP contribution in [0.3, 0.4) is 0 Å². The first-order chi connectivity index (χ1) is 6.72. The minimum absolute atomic E-state index is 0.581. The number of hydrogen-bond donors (Lipinski definition) is 1. The minimum Gasteiger partial charge on any atom is -0.367 e. The number of pyridine rings is 1. The second-order valence-corrected chi connectivity index (χ2v) is 3.21. The lowest BCUT2D eigenvalue weighted by atomic mass is 10.3. The van der Waals surface area contributed by atoms with Crippen molar-refractivity contribution in [1.29, 1.82) is 5.26 Å². The summed E-state index contributed by atoms with van der Waals surface area (Å²) in [4.78, 5) is 4.08. The van der Waals surface area contributed by atoms with Crippen molar-refractivity contribution >= 4 is 5.82 Å². The third-order valence-corrected chi connectivity index (χ3v) is 1.69. The van der Waals surface area contributed by atoms with Gasteiger partial charge < -0.3 is 5.32 Å². The molecule has 0 fully saturated rings. The molecule has 0 saturated heterocycles. The second-order valence-electron chi connectivity index (χ2n) is 3.21. The van der Waals surface area contributed by atoms with Crippen LogP contribution in [0.4, 0.5) is 5.82 Å². The van der Waals surface area contributed by atoms with Crippen molar-refractivity contribution in [1.82, 2.24) is 4.98 Å². The van der Waals surface area contributed by atoms with E-state index in [2.05, 4.69) is 16.4 Å². The van der Waals surface area contributed by atoms with Crippen LogP contribution in [-0.2, 0) is 0 Å². The molecular formula is C11H13N3. The molecule has 1 heterocycles. The number of aromatic nitrogens is 1. The van der Waals surface area contributed by atoms with Gasteiger partial charge in [0.25, 0.3) is 0 Å². The summed E-state index contributed by atoms with van der Waals surface area (Å²) >= 11 is 0. The SMILES string of the molecule is CC(C)=CCNc1ccc(C#N)cn1. The lowest BCUT2D eigenvalue weighted by Crippen LogP contribution is -2.00. The molecule has 0 aromatic carbocycles. The zero-order chi connectivity index (χ0) is 10.4. The first-order valence-electron chi connectivity index (χ1n) is 4.46. The smallest absolute Gasteiger partial charge is 0.126 e. The zero-order valence-electron chi connectivity index (χ0n) is 8.41. The van der Waals surface area contributed by atoms with E-state index in [4.69, 9.17) is 5.26 Å². The molecule has 14 heavy (non-hydrogen) atoms. The van der Waals surface area contributed by atoms with E-state index in [1.54, 1.807) is 18.3 Å². The fraction of sp³-hybridized carbons (Fsp3) is 0.273. The standard InChI is InChI=1S/C11H13N3/c1-9(2)5-6-13-11-4-3-10(7-12)8-14-11/h3-5,8H,6H2,1-2H3,(H,13,14). The van der Waals surface area contributed by atoms with Gasteiger partial charge in [-0.25, -0.2) is 4.98 Å². The Morgan fingerprint density at radius 2 is 2.36 bits per heavy atom. The monoisotopic (exact) mass is 187 g/mol. The third kappa shape index (κ3) is 3.28. The van der Waals surface area contributed by atoms with Crippen LogP contribution in [0.2, 0.25) is 0 Å². The molecular weight excluding hydrogens is 174 g/mol. The Labute approximate surface area is 84.1 Å². The summed E-state index contributed by atoms with van der Waals surface area (Å²) in [6.07, 6.45) is 3.64. The van der Waals surface area contributed by atoms with E-state index < -0.39 is 0 Å². The van der Waals surface area contributed by atoms with E-state index in [0.717, 1.165) is 12.4 Å². The Morgan fingerprint density at radius 3 is 2.86 bits per heavy atom. The van der Waals surface area contributed by atoms with Gasteiger partial charge >= 0.3 is 0 Å². The van der Waals surface area contributed by atoms with Crippen LogP contribution in [0.5, 0.6) is 0 Å². The van der Waals surface area contributed by atoms with E-state index in [-0.39, 0.29) is 0 Å². The molecule has 0 aliphatic heterocycles. The number of allylic oxidation sites excluding steroid dienone is 1. The molecule has 1 rings (SSSR count). The van der Waals surface area contributed by atoms with E-state index in [1.807, 2.05) is 19.9 Å². The van der Waals surface area contributed by atoms with Crippen molar-refractivity contribution in [2.45, 2.75) is 13.8 Å². The second kappa shape index (κ2) is 5.03. The quantitative estimate of drug-likeness (QED) is 0.739. The van der Waals surface area contributed by atoms with Crippen molar-refractivity contribution in [3.8, 4) is 6.07 Å². The molecule has 0 unspecified atom stereocenters. The average molecular weight is 187 g/mol. The fourth-order valence-electron chi connectivity index (χ4n) is 0.924. The molecule has 3 nitrogen and oxygen atoms in total. The van der Waals surface area contributed by atoms with Crippen molar-refractivity contribution in [2.24, 2.45) is 0 Å². The van der Waals surface area contributed by atoms with Gasteiger partial charge in [0.1, 0.15) is 11.9 Å². The van der Waals surface area contributed by atoms with E-state index in [9.17, 15) is 0 Å². The lowest BCUT2D eigenvalue weighted by molar-refractivity contribution is 1.20. The summed E-state index contributed by atoms with van der Waals surface area (Å²) in [5.41, 5.74) is 1.85. The van der Waals surface area contributed by atoms with Crippen molar-refractivity contribution < 1.29 is 0 Å². The fourth-order valence-corrected chi connectivity index (χ4v) is 0.924. The molecule has 0 radical (unpaired) electrons. The number of nitriles is 1. The Hall–Kier alpha value is -1.82. The maximum Gasteiger partial charge on any atom is 0.126 e. The Morgan fingerprint density at radius 1 is 1.57 bits per heavy atom. The number of nitrogens with one attached hydrogen (secondary N) is 1. The van der Waals surface area contributed by atoms with Crippen LogP contribution >= 0.6 is 0 Å². The number of hydrogen-bond acceptors (Lipinski definition) is 3. The predicted octanol–water partition coefficient (Wildman–Crippen LogP) is 2.33. The van der Waals surface area contributed by atoms with Gasteiger partial charge in [-0.2, -0.15) is 5.26 Å². The van der Waals surface area contributed by atoms with Crippen LogP contribution in [-0.4, -0.2) is 11.5 Å². The molecule has 72 valence electrons. The molecule has 0 saturated carbocycles. The highest BCUT2D eigenvalue weighted by Crippen LogP contribution is 2.03. The molecule has 0 spiro atoms. The van der Waals surface area contributed by atoms with Crippen molar-refractivity contribution in [2.75, 3.05) is 11.9 Å². The Balaban J connectivity index is 2.53.